The Morgan fingerprint density at radius 2 is 1.19 bits per heavy atom. The Labute approximate surface area is 273 Å². The van der Waals surface area contributed by atoms with Crippen LogP contribution in [0, 0.1) is 0 Å². The van der Waals surface area contributed by atoms with Crippen LogP contribution in [-0.4, -0.2) is 48.9 Å². The van der Waals surface area contributed by atoms with E-state index in [0.29, 0.717) is 6.61 Å². The van der Waals surface area contributed by atoms with Crippen molar-refractivity contribution in [2.24, 2.45) is 0 Å². The fourth-order valence-electron chi connectivity index (χ4n) is 8.69. The molecule has 0 N–H and O–H groups in total. The normalized spacial score (nSPS) is 29.8. The summed E-state index contributed by atoms with van der Waals surface area (Å²) in [5, 5.41) is 6.50. The van der Waals surface area contributed by atoms with Crippen molar-refractivity contribution in [1.29, 1.82) is 0 Å². The molecule has 0 bridgehead atoms. The van der Waals surface area contributed by atoms with E-state index in [2.05, 4.69) is 60.7 Å². The van der Waals surface area contributed by atoms with Crippen LogP contribution >= 0.6 is 8.24 Å². The number of fused-ring (bicyclic) bond motifs is 8. The summed E-state index contributed by atoms with van der Waals surface area (Å²) in [5.41, 5.74) is 1.46. The van der Waals surface area contributed by atoms with Gasteiger partial charge in [-0.05, 0) is 59.4 Å². The highest BCUT2D eigenvalue weighted by molar-refractivity contribution is 7.31. The van der Waals surface area contributed by atoms with Gasteiger partial charge in [0.15, 0.2) is 17.9 Å². The monoisotopic (exact) mass is 654 g/mol. The van der Waals surface area contributed by atoms with Crippen molar-refractivity contribution in [3.8, 4) is 0 Å². The summed E-state index contributed by atoms with van der Waals surface area (Å²) in [5.74, 6) is -1.17. The highest BCUT2D eigenvalue weighted by Gasteiger charge is 2.62. The number of ether oxygens (including phenoxy) is 5. The van der Waals surface area contributed by atoms with Crippen LogP contribution in [0.2, 0.25) is 0 Å². The van der Waals surface area contributed by atoms with E-state index in [1.165, 1.54) is 12.8 Å². The van der Waals surface area contributed by atoms with Gasteiger partial charge in [0.05, 0.1) is 6.61 Å². The van der Waals surface area contributed by atoms with E-state index in [0.717, 1.165) is 94.8 Å². The van der Waals surface area contributed by atoms with Crippen molar-refractivity contribution in [3.05, 3.63) is 72.8 Å². The lowest BCUT2D eigenvalue weighted by molar-refractivity contribution is -0.257. The standard InChI is InChI=1S/C38H39O8P/c1-7-19-37(20-8-1)39-23-30(41-37)33-34(35-36(40-33)43-38(42-35)21-9-2-10-22-38)46-47-44-28-17-15-24-11-3-5-13-26(24)31(28)32-27-14-6-4-12-25(27)16-18-29(32)45-47/h3-6,11-18,30,33-36H,1-2,7-10,19-23H2/t30-,33-,34+,35-,36-/m1/s1. The molecule has 5 aliphatic rings. The molecule has 5 fully saturated rings. The average molecular weight is 655 g/mol. The quantitative estimate of drug-likeness (QED) is 0.190. The molecular weight excluding hydrogens is 615 g/mol. The van der Waals surface area contributed by atoms with Gasteiger partial charge in [0.25, 0.3) is 0 Å². The molecule has 47 heavy (non-hydrogen) atoms. The molecule has 5 atom stereocenters. The van der Waals surface area contributed by atoms with Gasteiger partial charge >= 0.3 is 8.24 Å². The van der Waals surface area contributed by atoms with Gasteiger partial charge in [-0.2, -0.15) is 0 Å². The lowest BCUT2D eigenvalue weighted by atomic mass is 9.94. The molecule has 3 aliphatic heterocycles. The smallest absolute Gasteiger partial charge is 0.387 e. The maximum atomic E-state index is 6.97. The molecule has 244 valence electrons. The Hall–Kier alpha value is -2.94. The van der Waals surface area contributed by atoms with E-state index in [-0.39, 0.29) is 6.10 Å². The van der Waals surface area contributed by atoms with Gasteiger partial charge in [0, 0.05) is 36.5 Å². The highest BCUT2D eigenvalue weighted by Crippen LogP contribution is 2.50. The first-order valence-corrected chi connectivity index (χ1v) is 18.5. The fraction of sp³-hybridized carbons (Fsp3) is 0.474. The number of benzene rings is 4. The molecule has 1 aromatic heterocycles. The van der Waals surface area contributed by atoms with E-state index in [9.17, 15) is 0 Å². The summed E-state index contributed by atoms with van der Waals surface area (Å²) >= 11 is 0. The first-order valence-electron chi connectivity index (χ1n) is 17.4. The molecule has 0 radical (unpaired) electrons. The summed E-state index contributed by atoms with van der Waals surface area (Å²) in [6.45, 7) is 0.443. The third kappa shape index (κ3) is 4.87. The summed E-state index contributed by atoms with van der Waals surface area (Å²) in [7, 11) is -1.92. The molecule has 2 aliphatic carbocycles. The minimum atomic E-state index is -1.92. The molecule has 5 aromatic rings. The molecule has 4 aromatic carbocycles. The van der Waals surface area contributed by atoms with Crippen LogP contribution in [0.3, 0.4) is 0 Å². The van der Waals surface area contributed by atoms with Crippen LogP contribution in [0.4, 0.5) is 0 Å². The largest absolute Gasteiger partial charge is 0.399 e. The Balaban J connectivity index is 1.10. The zero-order valence-corrected chi connectivity index (χ0v) is 27.2. The molecule has 8 nitrogen and oxygen atoms in total. The number of rotatable bonds is 3. The van der Waals surface area contributed by atoms with Gasteiger partial charge < -0.3 is 32.1 Å². The minimum absolute atomic E-state index is 0.312. The van der Waals surface area contributed by atoms with E-state index in [1.807, 2.05) is 12.1 Å². The van der Waals surface area contributed by atoms with E-state index in [4.69, 9.17) is 36.6 Å². The first kappa shape index (κ1) is 29.0. The summed E-state index contributed by atoms with van der Waals surface area (Å²) < 4.78 is 53.7. The van der Waals surface area contributed by atoms with Crippen molar-refractivity contribution < 1.29 is 36.6 Å². The van der Waals surface area contributed by atoms with Crippen LogP contribution in [0.5, 0.6) is 0 Å². The van der Waals surface area contributed by atoms with E-state index >= 15 is 0 Å². The second kappa shape index (κ2) is 11.3. The predicted octanol–water partition coefficient (Wildman–Crippen LogP) is 9.27. The zero-order chi connectivity index (χ0) is 31.0. The maximum absolute atomic E-state index is 6.97. The Morgan fingerprint density at radius 3 is 1.83 bits per heavy atom. The molecule has 0 unspecified atom stereocenters. The van der Waals surface area contributed by atoms with Gasteiger partial charge in [-0.1, -0.05) is 73.5 Å². The van der Waals surface area contributed by atoms with Gasteiger partial charge in [-0.3, -0.25) is 4.52 Å². The molecular formula is C38H39O8P. The van der Waals surface area contributed by atoms with Crippen LogP contribution in [0.1, 0.15) is 64.2 Å². The van der Waals surface area contributed by atoms with Crippen molar-refractivity contribution >= 4 is 51.7 Å². The summed E-state index contributed by atoms with van der Waals surface area (Å²) in [6.07, 6.45) is 7.98. The minimum Gasteiger partial charge on any atom is -0.399 e. The predicted molar refractivity (Wildman–Crippen MR) is 179 cm³/mol. The summed E-state index contributed by atoms with van der Waals surface area (Å²) in [6, 6.07) is 25.1. The Kier molecular flexibility index (Phi) is 6.98. The topological polar surface area (TPSA) is 81.7 Å². The SMILES string of the molecule is c1ccc2c(c1)ccc1op(O[C@@H]3[C@H]4OC5(CCCCC5)O[C@H]4O[C@@H]3[C@H]3COC4(CCCCC4)O3)oc3ccc4ccccc4c3c12. The maximum Gasteiger partial charge on any atom is 0.387 e. The average Bonchev–Trinajstić information content (AvgIpc) is 3.72. The van der Waals surface area contributed by atoms with Crippen molar-refractivity contribution in [1.82, 2.24) is 0 Å². The third-order valence-corrected chi connectivity index (χ3v) is 12.1. The van der Waals surface area contributed by atoms with E-state index < -0.39 is 44.4 Å². The highest BCUT2D eigenvalue weighted by atomic mass is 31.1. The molecule has 0 amide bonds. The van der Waals surface area contributed by atoms with Crippen molar-refractivity contribution in [2.75, 3.05) is 6.61 Å². The van der Waals surface area contributed by atoms with Crippen molar-refractivity contribution in [2.45, 2.75) is 106 Å². The zero-order valence-electron chi connectivity index (χ0n) is 26.3. The summed E-state index contributed by atoms with van der Waals surface area (Å²) in [4.78, 5) is 0. The fourth-order valence-corrected chi connectivity index (χ4v) is 9.87. The molecule has 9 heteroatoms. The van der Waals surface area contributed by atoms with Crippen molar-refractivity contribution in [3.63, 3.8) is 0 Å². The van der Waals surface area contributed by atoms with Gasteiger partial charge in [-0.25, -0.2) is 0 Å². The molecule has 10 rings (SSSR count). The lowest BCUT2D eigenvalue weighted by Crippen LogP contribution is -2.47. The second-order valence-corrected chi connectivity index (χ2v) is 14.9. The number of hydrogen-bond acceptors (Lipinski definition) is 8. The van der Waals surface area contributed by atoms with Gasteiger partial charge in [0.2, 0.25) is 0 Å². The third-order valence-electron chi connectivity index (χ3n) is 10.9. The van der Waals surface area contributed by atoms with Crippen LogP contribution in [0.25, 0.3) is 43.5 Å². The van der Waals surface area contributed by atoms with Crippen LogP contribution < -0.4 is 4.52 Å². The Morgan fingerprint density at radius 1 is 0.596 bits per heavy atom. The van der Waals surface area contributed by atoms with Crippen LogP contribution in [-0.2, 0) is 23.7 Å². The first-order chi connectivity index (χ1) is 23.2. The van der Waals surface area contributed by atoms with Gasteiger partial charge in [-0.15, -0.1) is 0 Å². The van der Waals surface area contributed by atoms with E-state index in [1.54, 1.807) is 0 Å². The van der Waals surface area contributed by atoms with Gasteiger partial charge in [0.1, 0.15) is 35.6 Å². The number of hydrogen-bond donors (Lipinski definition) is 0. The van der Waals surface area contributed by atoms with Crippen LogP contribution in [0.15, 0.2) is 81.2 Å². The molecule has 4 heterocycles. The molecule has 3 saturated heterocycles. The lowest BCUT2D eigenvalue weighted by Gasteiger charge is -2.35. The Bertz CT molecular complexity index is 1910. The second-order valence-electron chi connectivity index (χ2n) is 13.9. The molecule has 2 saturated carbocycles. The molecule has 2 spiro atoms.